The molecule has 3 heteroatoms. The topological polar surface area (TPSA) is 29.5 Å². The van der Waals surface area contributed by atoms with E-state index in [1.807, 2.05) is 6.92 Å². The average molecular weight is 196 g/mol. The number of ether oxygens (including phenoxy) is 1. The zero-order valence-corrected chi connectivity index (χ0v) is 8.09. The number of benzene rings is 1. The van der Waals surface area contributed by atoms with Crippen LogP contribution in [0.4, 0.5) is 4.39 Å². The summed E-state index contributed by atoms with van der Waals surface area (Å²) in [7, 11) is 0. The Morgan fingerprint density at radius 1 is 1.50 bits per heavy atom. The first-order valence-electron chi connectivity index (χ1n) is 4.80. The van der Waals surface area contributed by atoms with E-state index in [0.29, 0.717) is 24.3 Å². The van der Waals surface area contributed by atoms with Gasteiger partial charge in [-0.2, -0.15) is 0 Å². The van der Waals surface area contributed by atoms with Crippen LogP contribution in [0.2, 0.25) is 0 Å². The van der Waals surface area contributed by atoms with Crippen molar-refractivity contribution in [3.05, 3.63) is 29.1 Å². The van der Waals surface area contributed by atoms with Crippen molar-refractivity contribution < 1.29 is 14.2 Å². The van der Waals surface area contributed by atoms with Crippen molar-refractivity contribution in [1.82, 2.24) is 0 Å². The number of aryl methyl sites for hydroxylation is 1. The highest BCUT2D eigenvalue weighted by atomic mass is 19.1. The largest absolute Gasteiger partial charge is 0.493 e. The summed E-state index contributed by atoms with van der Waals surface area (Å²) in [4.78, 5) is 0. The van der Waals surface area contributed by atoms with E-state index in [9.17, 15) is 9.50 Å². The number of hydrogen-bond acceptors (Lipinski definition) is 2. The van der Waals surface area contributed by atoms with Crippen LogP contribution in [0.3, 0.4) is 0 Å². The Balaban J connectivity index is 2.57. The maximum Gasteiger partial charge on any atom is 0.132 e. The Labute approximate surface area is 82.3 Å². The Bertz CT molecular complexity index is 349. The summed E-state index contributed by atoms with van der Waals surface area (Å²) in [6.07, 6.45) is 0.592. The van der Waals surface area contributed by atoms with Crippen molar-refractivity contribution in [3.63, 3.8) is 0 Å². The molecule has 0 aromatic heterocycles. The van der Waals surface area contributed by atoms with Crippen molar-refractivity contribution in [3.8, 4) is 5.75 Å². The van der Waals surface area contributed by atoms with Crippen molar-refractivity contribution in [2.24, 2.45) is 0 Å². The van der Waals surface area contributed by atoms with Gasteiger partial charge in [0.05, 0.1) is 18.3 Å². The summed E-state index contributed by atoms with van der Waals surface area (Å²) in [6.45, 7) is 2.41. The fraction of sp³-hybridized carbons (Fsp3) is 0.455. The highest BCUT2D eigenvalue weighted by Gasteiger charge is 2.22. The Morgan fingerprint density at radius 3 is 3.07 bits per heavy atom. The summed E-state index contributed by atoms with van der Waals surface area (Å²) < 4.78 is 18.9. The van der Waals surface area contributed by atoms with Gasteiger partial charge in [-0.3, -0.25) is 0 Å². The third kappa shape index (κ3) is 1.48. The molecule has 1 aromatic carbocycles. The maximum absolute atomic E-state index is 13.4. The van der Waals surface area contributed by atoms with Crippen molar-refractivity contribution in [2.45, 2.75) is 25.9 Å². The first-order valence-corrected chi connectivity index (χ1v) is 4.80. The fourth-order valence-electron chi connectivity index (χ4n) is 1.78. The second-order valence-corrected chi connectivity index (χ2v) is 3.61. The van der Waals surface area contributed by atoms with Gasteiger partial charge in [0.1, 0.15) is 11.6 Å². The molecule has 0 amide bonds. The summed E-state index contributed by atoms with van der Waals surface area (Å²) in [5.74, 6) is 0.148. The van der Waals surface area contributed by atoms with Gasteiger partial charge in [0, 0.05) is 0 Å². The molecule has 0 saturated heterocycles. The minimum Gasteiger partial charge on any atom is -0.493 e. The number of aliphatic hydroxyl groups is 1. The molecule has 0 radical (unpaired) electrons. The molecule has 2 nitrogen and oxygen atoms in total. The molecule has 0 fully saturated rings. The Morgan fingerprint density at radius 2 is 2.29 bits per heavy atom. The van der Waals surface area contributed by atoms with E-state index in [1.54, 1.807) is 6.07 Å². The molecule has 1 heterocycles. The van der Waals surface area contributed by atoms with Crippen molar-refractivity contribution in [2.75, 3.05) is 6.61 Å². The van der Waals surface area contributed by atoms with E-state index in [1.165, 1.54) is 6.07 Å². The van der Waals surface area contributed by atoms with Gasteiger partial charge >= 0.3 is 0 Å². The second kappa shape index (κ2) is 3.58. The molecule has 1 atom stereocenters. The van der Waals surface area contributed by atoms with Crippen LogP contribution >= 0.6 is 0 Å². The monoisotopic (exact) mass is 196 g/mol. The van der Waals surface area contributed by atoms with Crippen molar-refractivity contribution in [1.29, 1.82) is 0 Å². The number of rotatable bonds is 0. The van der Waals surface area contributed by atoms with Gasteiger partial charge in [-0.05, 0) is 31.4 Å². The van der Waals surface area contributed by atoms with Crippen LogP contribution in [0, 0.1) is 12.7 Å². The Kier molecular flexibility index (Phi) is 2.42. The lowest BCUT2D eigenvalue weighted by Gasteiger charge is -2.13. The first kappa shape index (κ1) is 9.46. The van der Waals surface area contributed by atoms with E-state index in [4.69, 9.17) is 4.74 Å². The van der Waals surface area contributed by atoms with Gasteiger partial charge in [0.25, 0.3) is 0 Å². The highest BCUT2D eigenvalue weighted by Crippen LogP contribution is 2.35. The summed E-state index contributed by atoms with van der Waals surface area (Å²) in [5.41, 5.74) is 1.20. The second-order valence-electron chi connectivity index (χ2n) is 3.61. The van der Waals surface area contributed by atoms with Crippen LogP contribution in [-0.4, -0.2) is 11.7 Å². The molecule has 76 valence electrons. The minimum atomic E-state index is -0.729. The molecule has 14 heavy (non-hydrogen) atoms. The quantitative estimate of drug-likeness (QED) is 0.690. The lowest BCUT2D eigenvalue weighted by molar-refractivity contribution is 0.163. The van der Waals surface area contributed by atoms with Gasteiger partial charge in [-0.15, -0.1) is 0 Å². The zero-order valence-electron chi connectivity index (χ0n) is 8.09. The van der Waals surface area contributed by atoms with Crippen LogP contribution in [0.25, 0.3) is 0 Å². The molecule has 1 aromatic rings. The van der Waals surface area contributed by atoms with Crippen LogP contribution in [0.1, 0.15) is 30.1 Å². The lowest BCUT2D eigenvalue weighted by Crippen LogP contribution is -2.01. The van der Waals surface area contributed by atoms with Crippen LogP contribution < -0.4 is 4.74 Å². The molecular weight excluding hydrogens is 183 g/mol. The molecule has 1 aliphatic heterocycles. The molecule has 1 N–H and O–H groups in total. The standard InChI is InChI=1S/C11H13FO2/c1-7-4-5-8(12)10-9(13)3-2-6-14-11(7)10/h4-5,9,13H,2-3,6H2,1H3/t9-/m1/s1. The van der Waals surface area contributed by atoms with Crippen molar-refractivity contribution >= 4 is 0 Å². The third-order valence-electron chi connectivity index (χ3n) is 2.54. The molecule has 0 aliphatic carbocycles. The maximum atomic E-state index is 13.4. The first-order chi connectivity index (χ1) is 6.70. The van der Waals surface area contributed by atoms with Gasteiger partial charge < -0.3 is 9.84 Å². The van der Waals surface area contributed by atoms with Gasteiger partial charge in [-0.25, -0.2) is 4.39 Å². The van der Waals surface area contributed by atoms with Crippen LogP contribution in [0.5, 0.6) is 5.75 Å². The van der Waals surface area contributed by atoms with E-state index in [-0.39, 0.29) is 5.82 Å². The van der Waals surface area contributed by atoms with E-state index in [0.717, 1.165) is 12.0 Å². The predicted octanol–water partition coefficient (Wildman–Crippen LogP) is 2.34. The van der Waals surface area contributed by atoms with E-state index < -0.39 is 6.10 Å². The lowest BCUT2D eigenvalue weighted by atomic mass is 10.0. The van der Waals surface area contributed by atoms with Gasteiger partial charge in [-0.1, -0.05) is 6.07 Å². The molecule has 0 unspecified atom stereocenters. The SMILES string of the molecule is Cc1ccc(F)c2c1OCCC[C@H]2O. The highest BCUT2D eigenvalue weighted by molar-refractivity contribution is 5.43. The summed E-state index contributed by atoms with van der Waals surface area (Å²) in [5, 5.41) is 9.73. The van der Waals surface area contributed by atoms with E-state index >= 15 is 0 Å². The third-order valence-corrected chi connectivity index (χ3v) is 2.54. The number of halogens is 1. The van der Waals surface area contributed by atoms with Crippen LogP contribution in [-0.2, 0) is 0 Å². The molecule has 0 bridgehead atoms. The molecular formula is C11H13FO2. The number of hydrogen-bond donors (Lipinski definition) is 1. The van der Waals surface area contributed by atoms with Gasteiger partial charge in [0.15, 0.2) is 0 Å². The number of aliphatic hydroxyl groups excluding tert-OH is 1. The Hall–Kier alpha value is -1.09. The smallest absolute Gasteiger partial charge is 0.132 e. The molecule has 2 rings (SSSR count). The minimum absolute atomic E-state index is 0.322. The zero-order chi connectivity index (χ0) is 10.1. The fourth-order valence-corrected chi connectivity index (χ4v) is 1.78. The molecule has 1 aliphatic rings. The predicted molar refractivity (Wildman–Crippen MR) is 50.8 cm³/mol. The average Bonchev–Trinajstić information content (AvgIpc) is 2.35. The van der Waals surface area contributed by atoms with E-state index in [2.05, 4.69) is 0 Å². The molecule has 0 spiro atoms. The summed E-state index contributed by atoms with van der Waals surface area (Å²) >= 11 is 0. The normalized spacial score (nSPS) is 20.9. The number of fused-ring (bicyclic) bond motifs is 1. The summed E-state index contributed by atoms with van der Waals surface area (Å²) in [6, 6.07) is 3.05. The van der Waals surface area contributed by atoms with Gasteiger partial charge in [0.2, 0.25) is 0 Å². The van der Waals surface area contributed by atoms with Crippen LogP contribution in [0.15, 0.2) is 12.1 Å². The molecule has 0 saturated carbocycles.